The van der Waals surface area contributed by atoms with E-state index < -0.39 is 0 Å². The lowest BCUT2D eigenvalue weighted by Crippen LogP contribution is -2.41. The van der Waals surface area contributed by atoms with Crippen molar-refractivity contribution in [1.82, 2.24) is 15.5 Å². The standard InChI is InChI=1S/C14H21N3O4/c1-10(21-14(2,3)4)16-9-11(18)15-7-8-17-12(19)5-6-13(17)20/h5-6,16H,1,7-9H2,2-4H3,(H,15,18). The molecule has 0 radical (unpaired) electrons. The van der Waals surface area contributed by atoms with Crippen LogP contribution >= 0.6 is 0 Å². The summed E-state index contributed by atoms with van der Waals surface area (Å²) in [6.45, 7) is 9.63. The summed E-state index contributed by atoms with van der Waals surface area (Å²) in [5, 5.41) is 5.34. The van der Waals surface area contributed by atoms with Gasteiger partial charge in [0.05, 0.1) is 6.54 Å². The molecule has 116 valence electrons. The molecule has 7 nitrogen and oxygen atoms in total. The number of nitrogens with zero attached hydrogens (tertiary/aromatic N) is 1. The van der Waals surface area contributed by atoms with Crippen LogP contribution in [0, 0.1) is 0 Å². The van der Waals surface area contributed by atoms with Crippen LogP contribution in [0.15, 0.2) is 24.6 Å². The van der Waals surface area contributed by atoms with Crippen LogP contribution in [0.3, 0.4) is 0 Å². The maximum atomic E-state index is 11.6. The van der Waals surface area contributed by atoms with Crippen LogP contribution in [0.5, 0.6) is 0 Å². The zero-order valence-corrected chi connectivity index (χ0v) is 12.6. The molecule has 7 heteroatoms. The van der Waals surface area contributed by atoms with Gasteiger partial charge in [-0.3, -0.25) is 19.3 Å². The second kappa shape index (κ2) is 6.92. The van der Waals surface area contributed by atoms with Crippen LogP contribution in [0.4, 0.5) is 0 Å². The van der Waals surface area contributed by atoms with Gasteiger partial charge in [-0.15, -0.1) is 0 Å². The van der Waals surface area contributed by atoms with Crippen molar-refractivity contribution in [3.05, 3.63) is 24.6 Å². The van der Waals surface area contributed by atoms with E-state index in [2.05, 4.69) is 17.2 Å². The van der Waals surface area contributed by atoms with E-state index in [9.17, 15) is 14.4 Å². The van der Waals surface area contributed by atoms with Gasteiger partial charge in [-0.05, 0) is 27.4 Å². The van der Waals surface area contributed by atoms with Gasteiger partial charge in [0.25, 0.3) is 11.8 Å². The van der Waals surface area contributed by atoms with Crippen molar-refractivity contribution < 1.29 is 19.1 Å². The monoisotopic (exact) mass is 295 g/mol. The zero-order valence-electron chi connectivity index (χ0n) is 12.6. The summed E-state index contributed by atoms with van der Waals surface area (Å²) in [7, 11) is 0. The Labute approximate surface area is 124 Å². The fraction of sp³-hybridized carbons (Fsp3) is 0.500. The largest absolute Gasteiger partial charge is 0.474 e. The molecule has 0 aliphatic carbocycles. The summed E-state index contributed by atoms with van der Waals surface area (Å²) < 4.78 is 5.41. The van der Waals surface area contributed by atoms with Crippen molar-refractivity contribution in [1.29, 1.82) is 0 Å². The predicted octanol–water partition coefficient (Wildman–Crippen LogP) is -0.0965. The minimum atomic E-state index is -0.385. The van der Waals surface area contributed by atoms with E-state index >= 15 is 0 Å². The number of hydrogen-bond acceptors (Lipinski definition) is 5. The topological polar surface area (TPSA) is 87.7 Å². The molecule has 21 heavy (non-hydrogen) atoms. The van der Waals surface area contributed by atoms with E-state index in [1.807, 2.05) is 20.8 Å². The second-order valence-electron chi connectivity index (χ2n) is 5.50. The normalized spacial score (nSPS) is 14.3. The summed E-state index contributed by atoms with van der Waals surface area (Å²) in [4.78, 5) is 35.2. The molecule has 1 rings (SSSR count). The third-order valence-corrected chi connectivity index (χ3v) is 2.43. The Hall–Kier alpha value is -2.31. The fourth-order valence-corrected chi connectivity index (χ4v) is 1.61. The van der Waals surface area contributed by atoms with Gasteiger partial charge < -0.3 is 15.4 Å². The number of nitrogens with one attached hydrogen (secondary N) is 2. The molecule has 0 aromatic carbocycles. The van der Waals surface area contributed by atoms with Crippen LogP contribution in [0.25, 0.3) is 0 Å². The molecule has 2 N–H and O–H groups in total. The molecule has 3 amide bonds. The molecule has 0 bridgehead atoms. The third kappa shape index (κ3) is 6.11. The van der Waals surface area contributed by atoms with E-state index in [1.165, 1.54) is 12.2 Å². The van der Waals surface area contributed by atoms with Crippen molar-refractivity contribution >= 4 is 17.7 Å². The van der Waals surface area contributed by atoms with Crippen molar-refractivity contribution in [3.63, 3.8) is 0 Å². The van der Waals surface area contributed by atoms with Gasteiger partial charge in [0.15, 0.2) is 5.88 Å². The van der Waals surface area contributed by atoms with Crippen LogP contribution in [-0.4, -0.2) is 47.9 Å². The molecular formula is C14H21N3O4. The van der Waals surface area contributed by atoms with Crippen LogP contribution in [0.2, 0.25) is 0 Å². The number of hydrogen-bond donors (Lipinski definition) is 2. The van der Waals surface area contributed by atoms with Crippen molar-refractivity contribution in [2.75, 3.05) is 19.6 Å². The Kier molecular flexibility index (Phi) is 5.52. The third-order valence-electron chi connectivity index (χ3n) is 2.43. The molecule has 1 aliphatic rings. The van der Waals surface area contributed by atoms with Gasteiger partial charge in [-0.1, -0.05) is 0 Å². The lowest BCUT2D eigenvalue weighted by molar-refractivity contribution is -0.137. The average molecular weight is 295 g/mol. The van der Waals surface area contributed by atoms with Crippen LogP contribution in [0.1, 0.15) is 20.8 Å². The zero-order chi connectivity index (χ0) is 16.0. The summed E-state index contributed by atoms with van der Waals surface area (Å²) >= 11 is 0. The highest BCUT2D eigenvalue weighted by molar-refractivity contribution is 6.12. The van der Waals surface area contributed by atoms with Gasteiger partial charge in [-0.2, -0.15) is 0 Å². The Bertz CT molecular complexity index is 459. The Morgan fingerprint density at radius 3 is 2.33 bits per heavy atom. The Morgan fingerprint density at radius 1 is 1.24 bits per heavy atom. The lowest BCUT2D eigenvalue weighted by Gasteiger charge is -2.23. The fourth-order valence-electron chi connectivity index (χ4n) is 1.61. The number of rotatable bonds is 7. The van der Waals surface area contributed by atoms with Crippen molar-refractivity contribution in [2.24, 2.45) is 0 Å². The van der Waals surface area contributed by atoms with E-state index in [-0.39, 0.29) is 43.0 Å². The molecule has 1 aliphatic heterocycles. The number of carbonyl (C=O) groups excluding carboxylic acids is 3. The molecule has 0 aromatic heterocycles. The van der Waals surface area contributed by atoms with Crippen molar-refractivity contribution in [2.45, 2.75) is 26.4 Å². The van der Waals surface area contributed by atoms with Gasteiger partial charge >= 0.3 is 0 Å². The van der Waals surface area contributed by atoms with Crippen LogP contribution < -0.4 is 10.6 Å². The quantitative estimate of drug-likeness (QED) is 0.506. The highest BCUT2D eigenvalue weighted by atomic mass is 16.5. The predicted molar refractivity (Wildman–Crippen MR) is 76.9 cm³/mol. The van der Waals surface area contributed by atoms with Crippen LogP contribution in [-0.2, 0) is 19.1 Å². The Morgan fingerprint density at radius 2 is 1.81 bits per heavy atom. The SMILES string of the molecule is C=C(NCC(=O)NCCN1C(=O)C=CC1=O)OC(C)(C)C. The molecule has 0 saturated carbocycles. The van der Waals surface area contributed by atoms with E-state index in [0.717, 1.165) is 4.90 Å². The minimum Gasteiger partial charge on any atom is -0.474 e. The molecule has 0 spiro atoms. The van der Waals surface area contributed by atoms with E-state index in [0.29, 0.717) is 5.88 Å². The summed E-state index contributed by atoms with van der Waals surface area (Å²) in [5.41, 5.74) is -0.385. The molecular weight excluding hydrogens is 274 g/mol. The van der Waals surface area contributed by atoms with Gasteiger partial charge in [-0.25, -0.2) is 0 Å². The first-order chi connectivity index (χ1) is 9.69. The average Bonchev–Trinajstić information content (AvgIpc) is 2.66. The molecule has 0 atom stereocenters. The second-order valence-corrected chi connectivity index (χ2v) is 5.50. The number of imide groups is 1. The molecule has 0 aromatic rings. The van der Waals surface area contributed by atoms with Crippen molar-refractivity contribution in [3.8, 4) is 0 Å². The number of amides is 3. The highest BCUT2D eigenvalue weighted by Gasteiger charge is 2.22. The number of ether oxygens (including phenoxy) is 1. The van der Waals surface area contributed by atoms with Gasteiger partial charge in [0.2, 0.25) is 5.91 Å². The van der Waals surface area contributed by atoms with E-state index in [4.69, 9.17) is 4.74 Å². The molecule has 0 unspecified atom stereocenters. The first kappa shape index (κ1) is 16.7. The minimum absolute atomic E-state index is 0.00898. The maximum absolute atomic E-state index is 11.6. The number of carbonyl (C=O) groups is 3. The maximum Gasteiger partial charge on any atom is 0.253 e. The van der Waals surface area contributed by atoms with E-state index in [1.54, 1.807) is 0 Å². The summed E-state index contributed by atoms with van der Waals surface area (Å²) in [6, 6.07) is 0. The Balaban J connectivity index is 2.19. The molecule has 1 heterocycles. The first-order valence-electron chi connectivity index (χ1n) is 6.61. The summed E-state index contributed by atoms with van der Waals surface area (Å²) in [5.74, 6) is -0.689. The first-order valence-corrected chi connectivity index (χ1v) is 6.61. The molecule has 0 fully saturated rings. The smallest absolute Gasteiger partial charge is 0.253 e. The highest BCUT2D eigenvalue weighted by Crippen LogP contribution is 2.09. The lowest BCUT2D eigenvalue weighted by atomic mass is 10.2. The van der Waals surface area contributed by atoms with Gasteiger partial charge in [0.1, 0.15) is 5.60 Å². The van der Waals surface area contributed by atoms with Gasteiger partial charge in [0, 0.05) is 25.2 Å². The molecule has 0 saturated heterocycles. The summed E-state index contributed by atoms with van der Waals surface area (Å²) in [6.07, 6.45) is 2.42.